The topological polar surface area (TPSA) is 112 Å². The minimum atomic E-state index is -0.264. The fourth-order valence-electron chi connectivity index (χ4n) is 4.06. The zero-order chi connectivity index (χ0) is 25.7. The van der Waals surface area contributed by atoms with Gasteiger partial charge < -0.3 is 25.4 Å². The van der Waals surface area contributed by atoms with Crippen LogP contribution >= 0.6 is 0 Å². The van der Waals surface area contributed by atoms with Crippen molar-refractivity contribution in [1.82, 2.24) is 15.0 Å². The second-order valence-electron chi connectivity index (χ2n) is 8.96. The van der Waals surface area contributed by atoms with Crippen LogP contribution in [0.1, 0.15) is 29.5 Å². The Morgan fingerprint density at radius 3 is 2.69 bits per heavy atom. The number of aromatic nitrogens is 3. The monoisotopic (exact) mass is 488 g/mol. The first-order chi connectivity index (χ1) is 17.3. The van der Waals surface area contributed by atoms with Crippen LogP contribution in [0.5, 0.6) is 5.88 Å². The Bertz CT molecular complexity index is 1250. The number of aliphatic hydroxyl groups excluding tert-OH is 1. The van der Waals surface area contributed by atoms with Crippen LogP contribution in [-0.2, 0) is 11.2 Å². The molecule has 0 amide bonds. The van der Waals surface area contributed by atoms with Gasteiger partial charge in [-0.1, -0.05) is 24.3 Å². The second-order valence-corrected chi connectivity index (χ2v) is 8.96. The van der Waals surface area contributed by atoms with Gasteiger partial charge in [-0.05, 0) is 44.4 Å². The molecule has 1 aromatic carbocycles. The Morgan fingerprint density at radius 1 is 1.19 bits per heavy atom. The van der Waals surface area contributed by atoms with E-state index in [1.54, 1.807) is 19.4 Å². The molecule has 0 radical (unpaired) electrons. The lowest BCUT2D eigenvalue weighted by Crippen LogP contribution is -2.36. The van der Waals surface area contributed by atoms with Crippen LogP contribution in [0.4, 0.5) is 29.0 Å². The summed E-state index contributed by atoms with van der Waals surface area (Å²) in [6.07, 6.45) is 4.49. The number of allylic oxidation sites excluding steroid dienone is 1. The first-order valence-corrected chi connectivity index (χ1v) is 12.0. The van der Waals surface area contributed by atoms with Crippen molar-refractivity contribution in [2.24, 2.45) is 0 Å². The number of anilines is 5. The number of hydrogen-bond acceptors (Lipinski definition) is 9. The summed E-state index contributed by atoms with van der Waals surface area (Å²) in [5, 5.41) is 16.5. The van der Waals surface area contributed by atoms with Gasteiger partial charge in [0.2, 0.25) is 11.8 Å². The molecule has 9 nitrogen and oxygen atoms in total. The fraction of sp³-hybridized carbons (Fsp3) is 0.333. The average molecular weight is 489 g/mol. The Hall–Kier alpha value is -3.98. The van der Waals surface area contributed by atoms with Gasteiger partial charge in [0.25, 0.3) is 0 Å². The molecule has 0 bridgehead atoms. The van der Waals surface area contributed by atoms with Crippen molar-refractivity contribution < 1.29 is 14.6 Å². The molecule has 1 saturated heterocycles. The summed E-state index contributed by atoms with van der Waals surface area (Å²) in [4.78, 5) is 27.9. The number of pyridine rings is 1. The van der Waals surface area contributed by atoms with E-state index >= 15 is 0 Å². The molecule has 3 N–H and O–H groups in total. The van der Waals surface area contributed by atoms with E-state index in [1.807, 2.05) is 38.1 Å². The lowest BCUT2D eigenvalue weighted by Gasteiger charge is -2.30. The highest BCUT2D eigenvalue weighted by molar-refractivity contribution is 5.92. The SMILES string of the molecule is C=CC(=O)Cc1cc(C)ccc1Nc1nc(Nc2cc(OC)nc(N3CCC(O)CC3)c2)ncc1C. The van der Waals surface area contributed by atoms with E-state index in [1.165, 1.54) is 6.08 Å². The maximum atomic E-state index is 12.0. The van der Waals surface area contributed by atoms with Crippen molar-refractivity contribution in [3.8, 4) is 5.88 Å². The third-order valence-corrected chi connectivity index (χ3v) is 6.12. The van der Waals surface area contributed by atoms with E-state index < -0.39 is 0 Å². The number of hydrogen-bond donors (Lipinski definition) is 3. The highest BCUT2D eigenvalue weighted by atomic mass is 16.5. The van der Waals surface area contributed by atoms with Gasteiger partial charge in [-0.2, -0.15) is 9.97 Å². The molecule has 9 heteroatoms. The van der Waals surface area contributed by atoms with Gasteiger partial charge in [-0.25, -0.2) is 4.98 Å². The number of nitrogens with zero attached hydrogens (tertiary/aromatic N) is 4. The molecular formula is C27H32N6O3. The lowest BCUT2D eigenvalue weighted by atomic mass is 10.0. The van der Waals surface area contributed by atoms with Crippen LogP contribution in [0.25, 0.3) is 0 Å². The van der Waals surface area contributed by atoms with E-state index in [2.05, 4.69) is 37.1 Å². The van der Waals surface area contributed by atoms with E-state index in [-0.39, 0.29) is 18.3 Å². The molecule has 0 atom stereocenters. The van der Waals surface area contributed by atoms with Crippen molar-refractivity contribution in [2.75, 3.05) is 35.7 Å². The zero-order valence-corrected chi connectivity index (χ0v) is 20.9. The second kappa shape index (κ2) is 11.2. The first kappa shape index (κ1) is 25.1. The average Bonchev–Trinajstić information content (AvgIpc) is 2.87. The van der Waals surface area contributed by atoms with Crippen molar-refractivity contribution in [3.63, 3.8) is 0 Å². The summed E-state index contributed by atoms with van der Waals surface area (Å²) in [5.41, 5.74) is 4.36. The van der Waals surface area contributed by atoms with E-state index in [0.29, 0.717) is 30.5 Å². The lowest BCUT2D eigenvalue weighted by molar-refractivity contribution is -0.114. The van der Waals surface area contributed by atoms with Crippen LogP contribution in [-0.4, -0.2) is 52.1 Å². The molecule has 0 saturated carbocycles. The molecule has 1 fully saturated rings. The Morgan fingerprint density at radius 2 is 1.97 bits per heavy atom. The summed E-state index contributed by atoms with van der Waals surface area (Å²) < 4.78 is 5.42. The van der Waals surface area contributed by atoms with Gasteiger partial charge in [-0.15, -0.1) is 0 Å². The fourth-order valence-corrected chi connectivity index (χ4v) is 4.06. The molecule has 188 valence electrons. The smallest absolute Gasteiger partial charge is 0.229 e. The third kappa shape index (κ3) is 6.17. The van der Waals surface area contributed by atoms with Crippen molar-refractivity contribution >= 4 is 34.7 Å². The van der Waals surface area contributed by atoms with E-state index in [9.17, 15) is 9.90 Å². The van der Waals surface area contributed by atoms with Crippen LogP contribution < -0.4 is 20.3 Å². The van der Waals surface area contributed by atoms with Crippen molar-refractivity contribution in [1.29, 1.82) is 0 Å². The van der Waals surface area contributed by atoms with Gasteiger partial charge in [0.05, 0.1) is 13.2 Å². The maximum absolute atomic E-state index is 12.0. The molecule has 36 heavy (non-hydrogen) atoms. The Balaban J connectivity index is 1.58. The normalized spacial score (nSPS) is 13.8. The number of aryl methyl sites for hydroxylation is 2. The Kier molecular flexibility index (Phi) is 7.80. The minimum Gasteiger partial charge on any atom is -0.481 e. The van der Waals surface area contributed by atoms with Crippen LogP contribution in [0, 0.1) is 13.8 Å². The maximum Gasteiger partial charge on any atom is 0.229 e. The van der Waals surface area contributed by atoms with Gasteiger partial charge in [0.1, 0.15) is 11.6 Å². The van der Waals surface area contributed by atoms with Crippen molar-refractivity contribution in [3.05, 3.63) is 65.9 Å². The molecule has 1 aliphatic rings. The van der Waals surface area contributed by atoms with Crippen LogP contribution in [0.3, 0.4) is 0 Å². The van der Waals surface area contributed by atoms with Gasteiger partial charge >= 0.3 is 0 Å². The molecule has 3 aromatic rings. The predicted octanol–water partition coefficient (Wildman–Crippen LogP) is 4.24. The van der Waals surface area contributed by atoms with E-state index in [4.69, 9.17) is 4.74 Å². The number of ether oxygens (including phenoxy) is 1. The number of rotatable bonds is 9. The number of carbonyl (C=O) groups is 1. The molecule has 4 rings (SSSR count). The van der Waals surface area contributed by atoms with Crippen LogP contribution in [0.15, 0.2) is 49.2 Å². The Labute approximate surface area is 211 Å². The predicted molar refractivity (Wildman–Crippen MR) is 142 cm³/mol. The molecule has 3 heterocycles. The molecule has 0 unspecified atom stereocenters. The highest BCUT2D eigenvalue weighted by Gasteiger charge is 2.19. The van der Waals surface area contributed by atoms with Gasteiger partial charge in [0.15, 0.2) is 5.78 Å². The number of carbonyl (C=O) groups excluding carboxylic acids is 1. The minimum absolute atomic E-state index is 0.0453. The zero-order valence-electron chi connectivity index (χ0n) is 20.9. The van der Waals surface area contributed by atoms with Crippen LogP contribution in [0.2, 0.25) is 0 Å². The number of piperidine rings is 1. The largest absolute Gasteiger partial charge is 0.481 e. The summed E-state index contributed by atoms with van der Waals surface area (Å²) >= 11 is 0. The molecule has 0 aliphatic carbocycles. The molecular weight excluding hydrogens is 456 g/mol. The third-order valence-electron chi connectivity index (χ3n) is 6.12. The first-order valence-electron chi connectivity index (χ1n) is 12.0. The van der Waals surface area contributed by atoms with Gasteiger partial charge in [0, 0.05) is 54.8 Å². The number of nitrogens with one attached hydrogen (secondary N) is 2. The van der Waals surface area contributed by atoms with E-state index in [0.717, 1.165) is 47.0 Å². The number of benzene rings is 1. The number of ketones is 1. The summed E-state index contributed by atoms with van der Waals surface area (Å²) in [6, 6.07) is 9.65. The summed E-state index contributed by atoms with van der Waals surface area (Å²) in [6.45, 7) is 8.95. The quantitative estimate of drug-likeness (QED) is 0.381. The number of aliphatic hydroxyl groups is 1. The standard InChI is InChI=1S/C27H32N6O3/c1-5-21(34)13-19-12-17(2)6-7-23(19)30-26-18(3)16-28-27(32-26)29-20-14-24(31-25(15-20)36-4)33-10-8-22(35)9-11-33/h5-7,12,14-16,22,35H,1,8-11,13H2,2-4H3,(H2,28,29,30,31,32). The van der Waals surface area contributed by atoms with Gasteiger partial charge in [-0.3, -0.25) is 4.79 Å². The van der Waals surface area contributed by atoms with Crippen molar-refractivity contribution in [2.45, 2.75) is 39.2 Å². The summed E-state index contributed by atoms with van der Waals surface area (Å²) in [7, 11) is 1.58. The molecule has 0 spiro atoms. The highest BCUT2D eigenvalue weighted by Crippen LogP contribution is 2.28. The molecule has 2 aromatic heterocycles. The number of methoxy groups -OCH3 is 1. The molecule has 1 aliphatic heterocycles. The summed E-state index contributed by atoms with van der Waals surface area (Å²) in [5.74, 6) is 2.24.